The first-order valence-corrected chi connectivity index (χ1v) is 14.3. The minimum atomic E-state index is -0.0962. The van der Waals surface area contributed by atoms with Crippen LogP contribution in [0.3, 0.4) is 0 Å². The van der Waals surface area contributed by atoms with E-state index in [-0.39, 0.29) is 11.8 Å². The molecule has 0 atom stereocenters. The van der Waals surface area contributed by atoms with E-state index in [2.05, 4.69) is 48.7 Å². The highest BCUT2D eigenvalue weighted by Crippen LogP contribution is 2.39. The van der Waals surface area contributed by atoms with E-state index in [4.69, 9.17) is 0 Å². The number of amides is 2. The Bertz CT molecular complexity index is 1280. The third-order valence-electron chi connectivity index (χ3n) is 7.23. The Morgan fingerprint density at radius 3 is 1.37 bits per heavy atom. The molecule has 4 nitrogen and oxygen atoms in total. The van der Waals surface area contributed by atoms with Gasteiger partial charge in [-0.1, -0.05) is 113 Å². The summed E-state index contributed by atoms with van der Waals surface area (Å²) >= 11 is 0. The summed E-state index contributed by atoms with van der Waals surface area (Å²) in [5, 5.41) is 10.3. The maximum absolute atomic E-state index is 13.6. The van der Waals surface area contributed by atoms with E-state index < -0.39 is 0 Å². The number of fused-ring (bicyclic) bond motifs is 2. The highest BCUT2D eigenvalue weighted by Gasteiger charge is 2.23. The van der Waals surface area contributed by atoms with Crippen LogP contribution in [-0.2, 0) is 0 Å². The summed E-state index contributed by atoms with van der Waals surface area (Å²) in [6.07, 6.45) is 8.79. The van der Waals surface area contributed by atoms with Crippen LogP contribution >= 0.6 is 0 Å². The Labute approximate surface area is 226 Å². The highest BCUT2D eigenvalue weighted by atomic mass is 16.2. The van der Waals surface area contributed by atoms with E-state index >= 15 is 0 Å². The average molecular weight is 509 g/mol. The SMILES string of the molecule is CCCCCCNC(=O)c1ccc2ccccc2c1-c1c(C(=O)NCCCCCC)ccc2ccccc12. The first-order chi connectivity index (χ1) is 18.7. The fourth-order valence-corrected chi connectivity index (χ4v) is 5.16. The van der Waals surface area contributed by atoms with Crippen molar-refractivity contribution in [1.29, 1.82) is 0 Å². The zero-order valence-electron chi connectivity index (χ0n) is 22.8. The highest BCUT2D eigenvalue weighted by molar-refractivity contribution is 6.18. The first kappa shape index (κ1) is 27.4. The lowest BCUT2D eigenvalue weighted by atomic mass is 9.86. The molecule has 0 saturated carbocycles. The van der Waals surface area contributed by atoms with Crippen molar-refractivity contribution >= 4 is 33.4 Å². The van der Waals surface area contributed by atoms with Crippen molar-refractivity contribution in [3.63, 3.8) is 0 Å². The second-order valence-electron chi connectivity index (χ2n) is 10.1. The van der Waals surface area contributed by atoms with Crippen molar-refractivity contribution in [3.8, 4) is 11.1 Å². The van der Waals surface area contributed by atoms with Gasteiger partial charge in [0.1, 0.15) is 0 Å². The van der Waals surface area contributed by atoms with Gasteiger partial charge < -0.3 is 10.6 Å². The van der Waals surface area contributed by atoms with Gasteiger partial charge in [-0.05, 0) is 46.5 Å². The molecular weight excluding hydrogens is 468 g/mol. The van der Waals surface area contributed by atoms with Gasteiger partial charge in [-0.3, -0.25) is 9.59 Å². The molecule has 4 rings (SSSR count). The van der Waals surface area contributed by atoms with E-state index in [0.29, 0.717) is 24.2 Å². The summed E-state index contributed by atoms with van der Waals surface area (Å²) in [7, 11) is 0. The lowest BCUT2D eigenvalue weighted by Crippen LogP contribution is -2.26. The predicted molar refractivity (Wildman–Crippen MR) is 160 cm³/mol. The van der Waals surface area contributed by atoms with Gasteiger partial charge in [0.15, 0.2) is 0 Å². The molecule has 0 radical (unpaired) electrons. The van der Waals surface area contributed by atoms with Crippen molar-refractivity contribution in [3.05, 3.63) is 83.9 Å². The molecule has 2 amide bonds. The van der Waals surface area contributed by atoms with Crippen LogP contribution < -0.4 is 10.6 Å². The van der Waals surface area contributed by atoms with Gasteiger partial charge in [0.2, 0.25) is 0 Å². The van der Waals surface area contributed by atoms with Crippen molar-refractivity contribution in [2.75, 3.05) is 13.1 Å². The Hall–Kier alpha value is -3.66. The first-order valence-electron chi connectivity index (χ1n) is 14.3. The lowest BCUT2D eigenvalue weighted by molar-refractivity contribution is 0.0943. The van der Waals surface area contributed by atoms with Gasteiger partial charge in [0.25, 0.3) is 11.8 Å². The van der Waals surface area contributed by atoms with Gasteiger partial charge in [-0.2, -0.15) is 0 Å². The molecule has 0 fully saturated rings. The fraction of sp³-hybridized carbons (Fsp3) is 0.353. The molecule has 0 aliphatic carbocycles. The minimum Gasteiger partial charge on any atom is -0.352 e. The maximum Gasteiger partial charge on any atom is 0.251 e. The van der Waals surface area contributed by atoms with Crippen LogP contribution in [-0.4, -0.2) is 24.9 Å². The summed E-state index contributed by atoms with van der Waals surface area (Å²) < 4.78 is 0. The quantitative estimate of drug-likeness (QED) is 0.179. The third-order valence-corrected chi connectivity index (χ3v) is 7.23. The zero-order chi connectivity index (χ0) is 26.7. The Morgan fingerprint density at radius 1 is 0.526 bits per heavy atom. The lowest BCUT2D eigenvalue weighted by Gasteiger charge is -2.19. The van der Waals surface area contributed by atoms with E-state index in [1.165, 1.54) is 12.8 Å². The van der Waals surface area contributed by atoms with Crippen LogP contribution in [0.4, 0.5) is 0 Å². The number of carbonyl (C=O) groups is 2. The smallest absolute Gasteiger partial charge is 0.251 e. The molecule has 0 heterocycles. The predicted octanol–water partition coefficient (Wildman–Crippen LogP) is 8.28. The monoisotopic (exact) mass is 508 g/mol. The number of nitrogens with one attached hydrogen (secondary N) is 2. The normalized spacial score (nSPS) is 11.1. The summed E-state index contributed by atoms with van der Waals surface area (Å²) in [6.45, 7) is 5.66. The minimum absolute atomic E-state index is 0.0962. The Balaban J connectivity index is 1.81. The molecule has 0 saturated heterocycles. The standard InChI is InChI=1S/C34H40N2O2/c1-3-5-7-13-23-35-33(37)29-21-19-25-15-9-11-17-27(25)31(29)32-28-18-12-10-16-26(28)20-22-30(32)34(38)36-24-14-8-6-4-2/h9-12,15-22H,3-8,13-14,23-24H2,1-2H3,(H,35,37)(H,36,38). The van der Waals surface area contributed by atoms with Gasteiger partial charge in [0.05, 0.1) is 0 Å². The molecule has 4 aromatic carbocycles. The van der Waals surface area contributed by atoms with Crippen LogP contribution in [0.15, 0.2) is 72.8 Å². The molecule has 198 valence electrons. The molecule has 0 aliphatic heterocycles. The van der Waals surface area contributed by atoms with E-state index in [9.17, 15) is 9.59 Å². The number of benzene rings is 4. The average Bonchev–Trinajstić information content (AvgIpc) is 2.95. The molecule has 2 N–H and O–H groups in total. The summed E-state index contributed by atoms with van der Waals surface area (Å²) in [4.78, 5) is 27.2. The van der Waals surface area contributed by atoms with Gasteiger partial charge in [-0.25, -0.2) is 0 Å². The number of hydrogen-bond acceptors (Lipinski definition) is 2. The fourth-order valence-electron chi connectivity index (χ4n) is 5.16. The summed E-state index contributed by atoms with van der Waals surface area (Å²) in [5.74, 6) is -0.192. The van der Waals surface area contributed by atoms with Crippen LogP contribution in [0.5, 0.6) is 0 Å². The molecule has 4 aromatic rings. The largest absolute Gasteiger partial charge is 0.352 e. The molecule has 0 bridgehead atoms. The van der Waals surface area contributed by atoms with E-state index in [0.717, 1.165) is 71.2 Å². The van der Waals surface area contributed by atoms with E-state index in [1.807, 2.05) is 48.5 Å². The molecule has 0 spiro atoms. The summed E-state index contributed by atoms with van der Waals surface area (Å²) in [6, 6.07) is 24.1. The number of rotatable bonds is 13. The molecule has 0 unspecified atom stereocenters. The molecule has 38 heavy (non-hydrogen) atoms. The zero-order valence-corrected chi connectivity index (χ0v) is 22.8. The molecular formula is C34H40N2O2. The topological polar surface area (TPSA) is 58.2 Å². The van der Waals surface area contributed by atoms with Crippen LogP contribution in [0.2, 0.25) is 0 Å². The van der Waals surface area contributed by atoms with Crippen molar-refractivity contribution in [2.45, 2.75) is 65.2 Å². The molecule has 0 aliphatic rings. The number of carbonyl (C=O) groups excluding carboxylic acids is 2. The Morgan fingerprint density at radius 2 is 0.947 bits per heavy atom. The maximum atomic E-state index is 13.6. The summed E-state index contributed by atoms with van der Waals surface area (Å²) in [5.41, 5.74) is 2.85. The Kier molecular flexibility index (Phi) is 9.91. The second-order valence-corrected chi connectivity index (χ2v) is 10.1. The number of unbranched alkanes of at least 4 members (excludes halogenated alkanes) is 6. The van der Waals surface area contributed by atoms with Crippen LogP contribution in [0.25, 0.3) is 32.7 Å². The van der Waals surface area contributed by atoms with Crippen molar-refractivity contribution in [2.24, 2.45) is 0 Å². The van der Waals surface area contributed by atoms with Gasteiger partial charge in [-0.15, -0.1) is 0 Å². The van der Waals surface area contributed by atoms with Crippen molar-refractivity contribution < 1.29 is 9.59 Å². The van der Waals surface area contributed by atoms with Gasteiger partial charge >= 0.3 is 0 Å². The van der Waals surface area contributed by atoms with Crippen LogP contribution in [0.1, 0.15) is 85.9 Å². The number of hydrogen-bond donors (Lipinski definition) is 2. The second kappa shape index (κ2) is 13.8. The van der Waals surface area contributed by atoms with E-state index in [1.54, 1.807) is 0 Å². The molecule has 4 heteroatoms. The van der Waals surface area contributed by atoms with Crippen LogP contribution in [0, 0.1) is 0 Å². The van der Waals surface area contributed by atoms with Gasteiger partial charge in [0, 0.05) is 35.3 Å². The molecule has 0 aromatic heterocycles. The van der Waals surface area contributed by atoms with Crippen molar-refractivity contribution in [1.82, 2.24) is 10.6 Å². The third kappa shape index (κ3) is 6.42.